The Hall–Kier alpha value is -1.72. The van der Waals surface area contributed by atoms with E-state index in [9.17, 15) is 5.11 Å². The lowest BCUT2D eigenvalue weighted by atomic mass is 9.87. The average Bonchev–Trinajstić information content (AvgIpc) is 2.81. The smallest absolute Gasteiger partial charge is 0.114 e. The number of nitrogens with zero attached hydrogens (tertiary/aromatic N) is 3. The zero-order valence-corrected chi connectivity index (χ0v) is 13.1. The monoisotopic (exact) mass is 289 g/mol. The number of benzene rings is 1. The summed E-state index contributed by atoms with van der Waals surface area (Å²) in [7, 11) is 1.62. The SMILES string of the molecule is COCc1c(CO)nnn1Cc1ccc(C(C)(C)C)cc1. The molecule has 0 fully saturated rings. The molecular weight excluding hydrogens is 266 g/mol. The van der Waals surface area contributed by atoms with Crippen LogP contribution in [-0.2, 0) is 29.9 Å². The number of hydrogen-bond donors (Lipinski definition) is 1. The zero-order valence-electron chi connectivity index (χ0n) is 13.1. The Morgan fingerprint density at radius 2 is 1.86 bits per heavy atom. The van der Waals surface area contributed by atoms with Crippen molar-refractivity contribution in [3.05, 3.63) is 46.8 Å². The molecule has 0 radical (unpaired) electrons. The minimum absolute atomic E-state index is 0.123. The molecule has 21 heavy (non-hydrogen) atoms. The summed E-state index contributed by atoms with van der Waals surface area (Å²) >= 11 is 0. The topological polar surface area (TPSA) is 60.2 Å². The van der Waals surface area contributed by atoms with Crippen molar-refractivity contribution in [2.45, 2.75) is 45.9 Å². The van der Waals surface area contributed by atoms with Gasteiger partial charge in [-0.15, -0.1) is 5.10 Å². The first-order chi connectivity index (χ1) is 9.95. The minimum Gasteiger partial charge on any atom is -0.390 e. The normalized spacial score (nSPS) is 11.9. The Morgan fingerprint density at radius 1 is 1.19 bits per heavy atom. The summed E-state index contributed by atoms with van der Waals surface area (Å²) in [6, 6.07) is 8.51. The number of aliphatic hydroxyl groups excluding tert-OH is 1. The second-order valence-electron chi connectivity index (χ2n) is 6.18. The van der Waals surface area contributed by atoms with Crippen LogP contribution in [0.1, 0.15) is 43.3 Å². The lowest BCUT2D eigenvalue weighted by Gasteiger charge is -2.19. The van der Waals surface area contributed by atoms with E-state index < -0.39 is 0 Å². The molecule has 1 aromatic carbocycles. The molecule has 1 aromatic heterocycles. The van der Waals surface area contributed by atoms with E-state index in [2.05, 4.69) is 55.3 Å². The number of rotatable bonds is 5. The summed E-state index contributed by atoms with van der Waals surface area (Å²) in [5.41, 5.74) is 3.99. The second-order valence-corrected chi connectivity index (χ2v) is 6.18. The molecule has 2 rings (SSSR count). The summed E-state index contributed by atoms with van der Waals surface area (Å²) in [5, 5.41) is 17.4. The summed E-state index contributed by atoms with van der Waals surface area (Å²) in [4.78, 5) is 0. The van der Waals surface area contributed by atoms with Gasteiger partial charge in [-0.1, -0.05) is 50.3 Å². The van der Waals surface area contributed by atoms with Crippen molar-refractivity contribution in [1.29, 1.82) is 0 Å². The van der Waals surface area contributed by atoms with Crippen molar-refractivity contribution < 1.29 is 9.84 Å². The third-order valence-electron chi connectivity index (χ3n) is 3.50. The van der Waals surface area contributed by atoms with E-state index in [1.54, 1.807) is 11.8 Å². The molecule has 5 nitrogen and oxygen atoms in total. The van der Waals surface area contributed by atoms with Gasteiger partial charge in [0, 0.05) is 7.11 Å². The van der Waals surface area contributed by atoms with Gasteiger partial charge >= 0.3 is 0 Å². The van der Waals surface area contributed by atoms with Gasteiger partial charge in [0.2, 0.25) is 0 Å². The summed E-state index contributed by atoms with van der Waals surface area (Å²) < 4.78 is 6.94. The molecule has 2 aromatic rings. The molecule has 0 spiro atoms. The maximum atomic E-state index is 9.28. The van der Waals surface area contributed by atoms with Gasteiger partial charge in [0.1, 0.15) is 5.69 Å². The van der Waals surface area contributed by atoms with E-state index in [1.807, 2.05) is 0 Å². The van der Waals surface area contributed by atoms with Gasteiger partial charge in [0.05, 0.1) is 25.5 Å². The molecule has 0 amide bonds. The predicted molar refractivity (Wildman–Crippen MR) is 80.9 cm³/mol. The second kappa shape index (κ2) is 6.37. The fourth-order valence-electron chi connectivity index (χ4n) is 2.20. The van der Waals surface area contributed by atoms with Crippen LogP contribution in [0, 0.1) is 0 Å². The molecule has 0 aliphatic carbocycles. The zero-order chi connectivity index (χ0) is 15.5. The fourth-order valence-corrected chi connectivity index (χ4v) is 2.20. The Labute approximate surface area is 125 Å². The molecule has 5 heteroatoms. The highest BCUT2D eigenvalue weighted by Gasteiger charge is 2.14. The molecule has 1 N–H and O–H groups in total. The van der Waals surface area contributed by atoms with E-state index in [1.165, 1.54) is 5.56 Å². The van der Waals surface area contributed by atoms with Crippen molar-refractivity contribution in [1.82, 2.24) is 15.0 Å². The average molecular weight is 289 g/mol. The minimum atomic E-state index is -0.123. The largest absolute Gasteiger partial charge is 0.390 e. The van der Waals surface area contributed by atoms with Crippen LogP contribution in [0.2, 0.25) is 0 Å². The van der Waals surface area contributed by atoms with E-state index >= 15 is 0 Å². The van der Waals surface area contributed by atoms with E-state index in [0.717, 1.165) is 11.3 Å². The third kappa shape index (κ3) is 3.68. The van der Waals surface area contributed by atoms with Crippen molar-refractivity contribution in [3.63, 3.8) is 0 Å². The van der Waals surface area contributed by atoms with Crippen LogP contribution >= 0.6 is 0 Å². The van der Waals surface area contributed by atoms with Gasteiger partial charge in [0.25, 0.3) is 0 Å². The van der Waals surface area contributed by atoms with Crippen LogP contribution in [0.5, 0.6) is 0 Å². The number of ether oxygens (including phenoxy) is 1. The lowest BCUT2D eigenvalue weighted by Crippen LogP contribution is -2.12. The molecule has 0 bridgehead atoms. The Bertz CT molecular complexity index is 583. The molecular formula is C16H23N3O2. The maximum absolute atomic E-state index is 9.28. The first-order valence-corrected chi connectivity index (χ1v) is 7.06. The summed E-state index contributed by atoms with van der Waals surface area (Å²) in [6.07, 6.45) is 0. The molecule has 0 atom stereocenters. The van der Waals surface area contributed by atoms with E-state index in [-0.39, 0.29) is 12.0 Å². The van der Waals surface area contributed by atoms with Gasteiger partial charge in [-0.05, 0) is 16.5 Å². The van der Waals surface area contributed by atoms with Crippen LogP contribution in [0.3, 0.4) is 0 Å². The Balaban J connectivity index is 2.20. The molecule has 0 saturated heterocycles. The standard InChI is InChI=1S/C16H23N3O2/c1-16(2,3)13-7-5-12(6-8-13)9-19-15(11-21-4)14(10-20)17-18-19/h5-8,20H,9-11H2,1-4H3. The summed E-state index contributed by atoms with van der Waals surface area (Å²) in [6.45, 7) is 7.48. The molecule has 0 aliphatic rings. The van der Waals surface area contributed by atoms with Crippen molar-refractivity contribution in [3.8, 4) is 0 Å². The van der Waals surface area contributed by atoms with Crippen molar-refractivity contribution >= 4 is 0 Å². The lowest BCUT2D eigenvalue weighted by molar-refractivity contribution is 0.173. The molecule has 0 aliphatic heterocycles. The first kappa shape index (κ1) is 15.7. The van der Waals surface area contributed by atoms with Crippen LogP contribution in [-0.4, -0.2) is 27.2 Å². The van der Waals surface area contributed by atoms with Gasteiger partial charge < -0.3 is 9.84 Å². The maximum Gasteiger partial charge on any atom is 0.114 e. The fraction of sp³-hybridized carbons (Fsp3) is 0.500. The van der Waals surface area contributed by atoms with Crippen LogP contribution in [0.15, 0.2) is 24.3 Å². The number of aromatic nitrogens is 3. The van der Waals surface area contributed by atoms with Crippen molar-refractivity contribution in [2.24, 2.45) is 0 Å². The number of methoxy groups -OCH3 is 1. The quantitative estimate of drug-likeness (QED) is 0.917. The molecule has 1 heterocycles. The van der Waals surface area contributed by atoms with Crippen LogP contribution in [0.25, 0.3) is 0 Å². The first-order valence-electron chi connectivity index (χ1n) is 7.06. The van der Waals surface area contributed by atoms with Gasteiger partial charge in [-0.3, -0.25) is 0 Å². The molecule has 0 saturated carbocycles. The van der Waals surface area contributed by atoms with Gasteiger partial charge in [-0.25, -0.2) is 4.68 Å². The summed E-state index contributed by atoms with van der Waals surface area (Å²) in [5.74, 6) is 0. The van der Waals surface area contributed by atoms with E-state index in [4.69, 9.17) is 4.74 Å². The van der Waals surface area contributed by atoms with Crippen LogP contribution in [0.4, 0.5) is 0 Å². The highest BCUT2D eigenvalue weighted by atomic mass is 16.5. The highest BCUT2D eigenvalue weighted by molar-refractivity contribution is 5.28. The molecule has 0 unspecified atom stereocenters. The Kier molecular flexibility index (Phi) is 4.75. The van der Waals surface area contributed by atoms with E-state index in [0.29, 0.717) is 18.8 Å². The molecule has 114 valence electrons. The third-order valence-corrected chi connectivity index (χ3v) is 3.50. The highest BCUT2D eigenvalue weighted by Crippen LogP contribution is 2.22. The van der Waals surface area contributed by atoms with Gasteiger partial charge in [-0.2, -0.15) is 0 Å². The Morgan fingerprint density at radius 3 is 2.38 bits per heavy atom. The van der Waals surface area contributed by atoms with Crippen molar-refractivity contribution in [2.75, 3.05) is 7.11 Å². The van der Waals surface area contributed by atoms with Gasteiger partial charge in [0.15, 0.2) is 0 Å². The number of hydrogen-bond acceptors (Lipinski definition) is 4. The van der Waals surface area contributed by atoms with Crippen LogP contribution < -0.4 is 0 Å². The predicted octanol–water partition coefficient (Wildman–Crippen LogP) is 2.26. The number of aliphatic hydroxyl groups is 1.